The highest BCUT2D eigenvalue weighted by molar-refractivity contribution is 5.79. The van der Waals surface area contributed by atoms with Crippen molar-refractivity contribution in [2.45, 2.75) is 13.0 Å². The summed E-state index contributed by atoms with van der Waals surface area (Å²) in [6.45, 7) is 5.88. The van der Waals surface area contributed by atoms with Crippen LogP contribution in [0.2, 0.25) is 0 Å². The SMILES string of the molecule is CN(C)C[C@@]12CN(Cc3ccccc3)C[C@@H]1CN(C(=O)Cc1cccnc1)C2. The molecule has 2 atom stereocenters. The number of amides is 1. The minimum Gasteiger partial charge on any atom is -0.341 e. The molecule has 1 aromatic heterocycles. The first-order chi connectivity index (χ1) is 13.5. The molecular weight excluding hydrogens is 348 g/mol. The van der Waals surface area contributed by atoms with E-state index in [1.807, 2.05) is 12.1 Å². The van der Waals surface area contributed by atoms with Crippen LogP contribution in [0.15, 0.2) is 54.9 Å². The number of likely N-dealkylation sites (tertiary alicyclic amines) is 2. The molecule has 148 valence electrons. The lowest BCUT2D eigenvalue weighted by molar-refractivity contribution is -0.130. The second-order valence-corrected chi connectivity index (χ2v) is 8.76. The number of fused-ring (bicyclic) bond motifs is 1. The van der Waals surface area contributed by atoms with E-state index in [1.54, 1.807) is 12.4 Å². The Morgan fingerprint density at radius 1 is 1.11 bits per heavy atom. The Balaban J connectivity index is 1.44. The van der Waals surface area contributed by atoms with E-state index in [0.29, 0.717) is 12.3 Å². The Morgan fingerprint density at radius 2 is 1.89 bits per heavy atom. The second kappa shape index (κ2) is 8.02. The highest BCUT2D eigenvalue weighted by Gasteiger charge is 2.53. The van der Waals surface area contributed by atoms with Gasteiger partial charge >= 0.3 is 0 Å². The predicted octanol–water partition coefficient (Wildman–Crippen LogP) is 2.15. The van der Waals surface area contributed by atoms with Gasteiger partial charge in [-0.15, -0.1) is 0 Å². The van der Waals surface area contributed by atoms with Gasteiger partial charge < -0.3 is 9.80 Å². The summed E-state index contributed by atoms with van der Waals surface area (Å²) in [5.41, 5.74) is 2.53. The third kappa shape index (κ3) is 4.10. The number of carbonyl (C=O) groups is 1. The Labute approximate surface area is 168 Å². The highest BCUT2D eigenvalue weighted by atomic mass is 16.2. The average molecular weight is 379 g/mol. The minimum atomic E-state index is 0.170. The Hall–Kier alpha value is -2.24. The summed E-state index contributed by atoms with van der Waals surface area (Å²) in [6, 6.07) is 14.6. The van der Waals surface area contributed by atoms with Crippen LogP contribution in [-0.4, -0.2) is 72.4 Å². The zero-order valence-corrected chi connectivity index (χ0v) is 16.9. The number of pyridine rings is 1. The standard InChI is InChI=1S/C23H30N4O/c1-25(2)16-23-17-26(13-19-7-4-3-5-8-19)14-21(23)15-27(18-23)22(28)11-20-9-6-10-24-12-20/h3-10,12,21H,11,13-18H2,1-2H3/t21-,23+/m1/s1. The second-order valence-electron chi connectivity index (χ2n) is 8.76. The molecule has 2 fully saturated rings. The van der Waals surface area contributed by atoms with E-state index in [2.05, 4.69) is 64.1 Å². The summed E-state index contributed by atoms with van der Waals surface area (Å²) in [5.74, 6) is 0.770. The quantitative estimate of drug-likeness (QED) is 0.772. The zero-order chi connectivity index (χ0) is 19.6. The van der Waals surface area contributed by atoms with Gasteiger partial charge in [-0.05, 0) is 37.2 Å². The fourth-order valence-corrected chi connectivity index (χ4v) is 5.09. The number of aromatic nitrogens is 1. The lowest BCUT2D eigenvalue weighted by Crippen LogP contribution is -2.43. The molecule has 2 aliphatic rings. The summed E-state index contributed by atoms with van der Waals surface area (Å²) in [6.07, 6.45) is 4.00. The predicted molar refractivity (Wildman–Crippen MR) is 111 cm³/mol. The van der Waals surface area contributed by atoms with Crippen molar-refractivity contribution in [1.29, 1.82) is 0 Å². The molecular formula is C23H30N4O. The molecule has 1 aromatic carbocycles. The molecule has 2 saturated heterocycles. The maximum atomic E-state index is 12.9. The monoisotopic (exact) mass is 378 g/mol. The van der Waals surface area contributed by atoms with Crippen molar-refractivity contribution in [3.05, 3.63) is 66.0 Å². The van der Waals surface area contributed by atoms with E-state index < -0.39 is 0 Å². The van der Waals surface area contributed by atoms with Crippen LogP contribution < -0.4 is 0 Å². The largest absolute Gasteiger partial charge is 0.341 e. The van der Waals surface area contributed by atoms with Crippen molar-refractivity contribution in [2.24, 2.45) is 11.3 Å². The first kappa shape index (κ1) is 19.1. The summed E-state index contributed by atoms with van der Waals surface area (Å²) in [7, 11) is 4.29. The lowest BCUT2D eigenvalue weighted by Gasteiger charge is -2.32. The molecule has 28 heavy (non-hydrogen) atoms. The van der Waals surface area contributed by atoms with Crippen LogP contribution in [-0.2, 0) is 17.8 Å². The third-order valence-corrected chi connectivity index (χ3v) is 6.14. The van der Waals surface area contributed by atoms with Gasteiger partial charge in [0.15, 0.2) is 0 Å². The molecule has 5 heteroatoms. The number of hydrogen-bond donors (Lipinski definition) is 0. The number of carbonyl (C=O) groups excluding carboxylic acids is 1. The molecule has 3 heterocycles. The van der Waals surface area contributed by atoms with Crippen LogP contribution in [0.1, 0.15) is 11.1 Å². The van der Waals surface area contributed by atoms with Crippen molar-refractivity contribution >= 4 is 5.91 Å². The molecule has 2 aliphatic heterocycles. The number of benzene rings is 1. The highest BCUT2D eigenvalue weighted by Crippen LogP contribution is 2.43. The molecule has 2 aromatic rings. The number of nitrogens with zero attached hydrogens (tertiary/aromatic N) is 4. The van der Waals surface area contributed by atoms with E-state index in [0.717, 1.165) is 44.8 Å². The molecule has 0 N–H and O–H groups in total. The molecule has 0 unspecified atom stereocenters. The van der Waals surface area contributed by atoms with Gasteiger partial charge in [0.2, 0.25) is 5.91 Å². The number of hydrogen-bond acceptors (Lipinski definition) is 4. The summed E-state index contributed by atoms with van der Waals surface area (Å²) >= 11 is 0. The van der Waals surface area contributed by atoms with E-state index in [-0.39, 0.29) is 11.3 Å². The molecule has 0 saturated carbocycles. The van der Waals surface area contributed by atoms with Crippen molar-refractivity contribution in [2.75, 3.05) is 46.8 Å². The Kier molecular flexibility index (Phi) is 5.47. The minimum absolute atomic E-state index is 0.170. The van der Waals surface area contributed by atoms with E-state index >= 15 is 0 Å². The number of rotatable bonds is 6. The van der Waals surface area contributed by atoms with Crippen molar-refractivity contribution in [1.82, 2.24) is 19.7 Å². The first-order valence-corrected chi connectivity index (χ1v) is 10.1. The van der Waals surface area contributed by atoms with Gasteiger partial charge in [-0.3, -0.25) is 14.7 Å². The Bertz CT molecular complexity index is 795. The molecule has 0 radical (unpaired) electrons. The fourth-order valence-electron chi connectivity index (χ4n) is 5.09. The third-order valence-electron chi connectivity index (χ3n) is 6.14. The summed E-state index contributed by atoms with van der Waals surface area (Å²) in [5, 5.41) is 0. The van der Waals surface area contributed by atoms with Gasteiger partial charge in [-0.1, -0.05) is 36.4 Å². The maximum absolute atomic E-state index is 12.9. The molecule has 5 nitrogen and oxygen atoms in total. The molecule has 0 aliphatic carbocycles. The lowest BCUT2D eigenvalue weighted by atomic mass is 9.80. The van der Waals surface area contributed by atoms with Gasteiger partial charge in [0.1, 0.15) is 0 Å². The van der Waals surface area contributed by atoms with Gasteiger partial charge in [-0.25, -0.2) is 0 Å². The van der Waals surface area contributed by atoms with Gasteiger partial charge in [0.25, 0.3) is 0 Å². The zero-order valence-electron chi connectivity index (χ0n) is 16.9. The van der Waals surface area contributed by atoms with Crippen LogP contribution in [0.4, 0.5) is 0 Å². The van der Waals surface area contributed by atoms with Crippen LogP contribution >= 0.6 is 0 Å². The Morgan fingerprint density at radius 3 is 2.61 bits per heavy atom. The van der Waals surface area contributed by atoms with Crippen LogP contribution in [0, 0.1) is 11.3 Å². The first-order valence-electron chi connectivity index (χ1n) is 10.1. The summed E-state index contributed by atoms with van der Waals surface area (Å²) in [4.78, 5) is 24.0. The van der Waals surface area contributed by atoms with Crippen molar-refractivity contribution < 1.29 is 4.79 Å². The van der Waals surface area contributed by atoms with E-state index in [1.165, 1.54) is 5.56 Å². The maximum Gasteiger partial charge on any atom is 0.227 e. The van der Waals surface area contributed by atoms with Crippen LogP contribution in [0.25, 0.3) is 0 Å². The average Bonchev–Trinajstić information content (AvgIpc) is 3.15. The van der Waals surface area contributed by atoms with Gasteiger partial charge in [0.05, 0.1) is 6.42 Å². The van der Waals surface area contributed by atoms with Gasteiger partial charge in [0, 0.05) is 57.1 Å². The van der Waals surface area contributed by atoms with Gasteiger partial charge in [-0.2, -0.15) is 0 Å². The topological polar surface area (TPSA) is 39.7 Å². The van der Waals surface area contributed by atoms with E-state index in [9.17, 15) is 4.79 Å². The summed E-state index contributed by atoms with van der Waals surface area (Å²) < 4.78 is 0. The molecule has 0 spiro atoms. The van der Waals surface area contributed by atoms with E-state index in [4.69, 9.17) is 0 Å². The van der Waals surface area contributed by atoms with Crippen LogP contribution in [0.5, 0.6) is 0 Å². The fraction of sp³-hybridized carbons (Fsp3) is 0.478. The van der Waals surface area contributed by atoms with Crippen LogP contribution in [0.3, 0.4) is 0 Å². The normalized spacial score (nSPS) is 24.7. The molecule has 0 bridgehead atoms. The molecule has 1 amide bonds. The van der Waals surface area contributed by atoms with Crippen molar-refractivity contribution in [3.8, 4) is 0 Å². The molecule has 4 rings (SSSR count). The van der Waals surface area contributed by atoms with Crippen molar-refractivity contribution in [3.63, 3.8) is 0 Å². The smallest absolute Gasteiger partial charge is 0.227 e.